The zero-order valence-corrected chi connectivity index (χ0v) is 18.0. The first-order valence-electron chi connectivity index (χ1n) is 10.7. The van der Waals surface area contributed by atoms with Crippen LogP contribution in [0.25, 0.3) is 0 Å². The number of para-hydroxylation sites is 1. The number of nitrogens with one attached hydrogen (secondary N) is 2. The van der Waals surface area contributed by atoms with E-state index in [-0.39, 0.29) is 11.8 Å². The Morgan fingerprint density at radius 2 is 1.40 bits per heavy atom. The highest BCUT2D eigenvalue weighted by Gasteiger charge is 2.20. The minimum atomic E-state index is 0.0142. The Bertz CT molecular complexity index is 860. The van der Waals surface area contributed by atoms with E-state index in [1.807, 2.05) is 42.5 Å². The maximum atomic E-state index is 12.4. The number of nitrogens with zero attached hydrogens (tertiary/aromatic N) is 2. The van der Waals surface area contributed by atoms with Gasteiger partial charge in [-0.05, 0) is 36.1 Å². The number of piperazine rings is 1. The Kier molecular flexibility index (Phi) is 7.99. The molecule has 0 aromatic heterocycles. The van der Waals surface area contributed by atoms with Crippen molar-refractivity contribution in [3.8, 4) is 0 Å². The number of carbonyl (C=O) groups excluding carboxylic acids is 2. The zero-order valence-electron chi connectivity index (χ0n) is 18.0. The Morgan fingerprint density at radius 3 is 2.03 bits per heavy atom. The highest BCUT2D eigenvalue weighted by Crippen LogP contribution is 2.15. The van der Waals surface area contributed by atoms with Crippen LogP contribution < -0.4 is 10.6 Å². The second kappa shape index (κ2) is 10.9. The van der Waals surface area contributed by atoms with Crippen LogP contribution in [0.3, 0.4) is 0 Å². The quantitative estimate of drug-likeness (QED) is 0.704. The SMILES string of the molecule is CCc1ccccc1NC(=O)CN1CCN(CC(=O)NCc2ccccc2C)CC1. The second-order valence-electron chi connectivity index (χ2n) is 7.81. The Labute approximate surface area is 179 Å². The third kappa shape index (κ3) is 6.40. The first-order chi connectivity index (χ1) is 14.5. The molecule has 30 heavy (non-hydrogen) atoms. The van der Waals surface area contributed by atoms with Crippen molar-refractivity contribution in [1.29, 1.82) is 0 Å². The van der Waals surface area contributed by atoms with Crippen LogP contribution in [0.1, 0.15) is 23.6 Å². The summed E-state index contributed by atoms with van der Waals surface area (Å²) in [5.41, 5.74) is 4.37. The van der Waals surface area contributed by atoms with Gasteiger partial charge in [0.2, 0.25) is 11.8 Å². The fourth-order valence-electron chi connectivity index (χ4n) is 3.71. The van der Waals surface area contributed by atoms with Crippen LogP contribution in [0.15, 0.2) is 48.5 Å². The first kappa shape index (κ1) is 22.0. The summed E-state index contributed by atoms with van der Waals surface area (Å²) in [5.74, 6) is 0.0564. The van der Waals surface area contributed by atoms with Crippen LogP contribution in [0.2, 0.25) is 0 Å². The molecule has 0 radical (unpaired) electrons. The fraction of sp³-hybridized carbons (Fsp3) is 0.417. The molecule has 1 saturated heterocycles. The average Bonchev–Trinajstić information content (AvgIpc) is 2.75. The van der Waals surface area contributed by atoms with Crippen LogP contribution in [-0.2, 0) is 22.6 Å². The van der Waals surface area contributed by atoms with E-state index in [9.17, 15) is 9.59 Å². The van der Waals surface area contributed by atoms with E-state index < -0.39 is 0 Å². The molecule has 2 aromatic rings. The van der Waals surface area contributed by atoms with Crippen LogP contribution >= 0.6 is 0 Å². The molecule has 0 atom stereocenters. The summed E-state index contributed by atoms with van der Waals surface area (Å²) in [5, 5.41) is 6.04. The summed E-state index contributed by atoms with van der Waals surface area (Å²) in [6.45, 7) is 8.63. The van der Waals surface area contributed by atoms with Crippen LogP contribution in [0.5, 0.6) is 0 Å². The van der Waals surface area contributed by atoms with Crippen molar-refractivity contribution in [2.24, 2.45) is 0 Å². The lowest BCUT2D eigenvalue weighted by Crippen LogP contribution is -2.50. The molecule has 2 amide bonds. The summed E-state index contributed by atoms with van der Waals surface area (Å²) in [7, 11) is 0. The first-order valence-corrected chi connectivity index (χ1v) is 10.7. The van der Waals surface area contributed by atoms with Crippen molar-refractivity contribution in [2.45, 2.75) is 26.8 Å². The molecule has 6 heteroatoms. The van der Waals surface area contributed by atoms with Gasteiger partial charge in [-0.1, -0.05) is 49.4 Å². The maximum absolute atomic E-state index is 12.4. The van der Waals surface area contributed by atoms with Crippen molar-refractivity contribution >= 4 is 17.5 Å². The number of carbonyl (C=O) groups is 2. The third-order valence-corrected chi connectivity index (χ3v) is 5.61. The van der Waals surface area contributed by atoms with E-state index in [0.717, 1.165) is 49.4 Å². The molecule has 0 aliphatic carbocycles. The standard InChI is InChI=1S/C24H32N4O2/c1-3-20-9-6-7-11-22(20)26-24(30)18-28-14-12-27(13-15-28)17-23(29)25-16-21-10-5-4-8-19(21)2/h4-11H,3,12-18H2,1-2H3,(H,25,29)(H,26,30). The number of amides is 2. The Morgan fingerprint density at radius 1 is 0.833 bits per heavy atom. The van der Waals surface area contributed by atoms with Gasteiger partial charge in [0, 0.05) is 38.4 Å². The van der Waals surface area contributed by atoms with E-state index in [4.69, 9.17) is 0 Å². The van der Waals surface area contributed by atoms with Gasteiger partial charge in [0.05, 0.1) is 13.1 Å². The molecule has 0 bridgehead atoms. The molecule has 1 aliphatic heterocycles. The second-order valence-corrected chi connectivity index (χ2v) is 7.81. The van der Waals surface area contributed by atoms with E-state index in [1.54, 1.807) is 0 Å². The number of anilines is 1. The molecule has 160 valence electrons. The average molecular weight is 409 g/mol. The summed E-state index contributed by atoms with van der Waals surface area (Å²) in [6.07, 6.45) is 0.890. The number of aryl methyl sites for hydroxylation is 2. The van der Waals surface area contributed by atoms with Crippen LogP contribution in [0.4, 0.5) is 5.69 Å². The highest BCUT2D eigenvalue weighted by molar-refractivity contribution is 5.93. The minimum Gasteiger partial charge on any atom is -0.351 e. The largest absolute Gasteiger partial charge is 0.351 e. The van der Waals surface area contributed by atoms with Gasteiger partial charge in [-0.3, -0.25) is 19.4 Å². The van der Waals surface area contributed by atoms with Gasteiger partial charge in [-0.15, -0.1) is 0 Å². The zero-order chi connectivity index (χ0) is 21.3. The lowest BCUT2D eigenvalue weighted by molar-refractivity contribution is -0.123. The fourth-order valence-corrected chi connectivity index (χ4v) is 3.71. The molecule has 3 rings (SSSR count). The number of rotatable bonds is 8. The number of hydrogen-bond donors (Lipinski definition) is 2. The van der Waals surface area contributed by atoms with Crippen molar-refractivity contribution in [2.75, 3.05) is 44.6 Å². The monoisotopic (exact) mass is 408 g/mol. The third-order valence-electron chi connectivity index (χ3n) is 5.61. The van der Waals surface area contributed by atoms with Crippen LogP contribution in [0, 0.1) is 6.92 Å². The van der Waals surface area contributed by atoms with Gasteiger partial charge in [-0.25, -0.2) is 0 Å². The lowest BCUT2D eigenvalue weighted by Gasteiger charge is -2.33. The van der Waals surface area contributed by atoms with Gasteiger partial charge in [0.1, 0.15) is 0 Å². The van der Waals surface area contributed by atoms with Gasteiger partial charge in [0.25, 0.3) is 0 Å². The molecule has 0 saturated carbocycles. The maximum Gasteiger partial charge on any atom is 0.238 e. The van der Waals surface area contributed by atoms with E-state index in [0.29, 0.717) is 19.6 Å². The molecule has 1 aliphatic rings. The van der Waals surface area contributed by atoms with Gasteiger partial charge >= 0.3 is 0 Å². The van der Waals surface area contributed by atoms with E-state index >= 15 is 0 Å². The molecule has 2 N–H and O–H groups in total. The van der Waals surface area contributed by atoms with Crippen molar-refractivity contribution in [1.82, 2.24) is 15.1 Å². The molecule has 2 aromatic carbocycles. The molecular formula is C24H32N4O2. The van der Waals surface area contributed by atoms with E-state index in [2.05, 4.69) is 40.3 Å². The number of hydrogen-bond acceptors (Lipinski definition) is 4. The number of benzene rings is 2. The normalized spacial score (nSPS) is 15.0. The summed E-state index contributed by atoms with van der Waals surface area (Å²) in [4.78, 5) is 29.0. The van der Waals surface area contributed by atoms with E-state index in [1.165, 1.54) is 5.56 Å². The molecule has 0 spiro atoms. The predicted octanol–water partition coefficient (Wildman–Crippen LogP) is 2.43. The predicted molar refractivity (Wildman–Crippen MR) is 120 cm³/mol. The minimum absolute atomic E-state index is 0.0142. The smallest absolute Gasteiger partial charge is 0.238 e. The molecule has 1 fully saturated rings. The summed E-state index contributed by atoms with van der Waals surface area (Å²) >= 11 is 0. The Balaban J connectivity index is 1.37. The summed E-state index contributed by atoms with van der Waals surface area (Å²) in [6, 6.07) is 16.0. The Hall–Kier alpha value is -2.70. The van der Waals surface area contributed by atoms with Crippen molar-refractivity contribution in [3.63, 3.8) is 0 Å². The van der Waals surface area contributed by atoms with Gasteiger partial charge in [-0.2, -0.15) is 0 Å². The molecule has 0 unspecified atom stereocenters. The van der Waals surface area contributed by atoms with Gasteiger partial charge in [0.15, 0.2) is 0 Å². The topological polar surface area (TPSA) is 64.7 Å². The molecule has 1 heterocycles. The molecule has 6 nitrogen and oxygen atoms in total. The highest BCUT2D eigenvalue weighted by atomic mass is 16.2. The van der Waals surface area contributed by atoms with Crippen molar-refractivity contribution < 1.29 is 9.59 Å². The van der Waals surface area contributed by atoms with Crippen molar-refractivity contribution in [3.05, 3.63) is 65.2 Å². The van der Waals surface area contributed by atoms with Crippen LogP contribution in [-0.4, -0.2) is 60.9 Å². The lowest BCUT2D eigenvalue weighted by atomic mass is 10.1. The molecular weight excluding hydrogens is 376 g/mol. The summed E-state index contributed by atoms with van der Waals surface area (Å²) < 4.78 is 0. The van der Waals surface area contributed by atoms with Gasteiger partial charge < -0.3 is 10.6 Å².